The number of aromatic hydroxyl groups is 1. The standard InChI is InChI=1S/C53H91NO5/c1-5-9-13-17-21-25-29-33-39-56-49-38-37-47(50(55)45-49)46-54-48-43-51(57-40-34-30-26-22-18-14-10-6-2)53(59-42-36-32-28-24-20-16-12-8-4)52(44-48)58-41-35-31-27-23-19-15-11-7-3/h37-38,43-46,55H,5-36,39-42H2,1-4H3. The van der Waals surface area contributed by atoms with Crippen LogP contribution in [0.15, 0.2) is 35.3 Å². The minimum Gasteiger partial charge on any atom is -0.507 e. The Bertz CT molecular complexity index is 1240. The molecule has 0 heterocycles. The molecule has 0 atom stereocenters. The molecular formula is C53H91NO5. The van der Waals surface area contributed by atoms with E-state index in [4.69, 9.17) is 23.9 Å². The number of hydrogen-bond donors (Lipinski definition) is 1. The molecule has 59 heavy (non-hydrogen) atoms. The zero-order valence-corrected chi connectivity index (χ0v) is 38.9. The fourth-order valence-electron chi connectivity index (χ4n) is 7.53. The molecule has 0 aliphatic rings. The molecule has 0 spiro atoms. The molecule has 6 heteroatoms. The zero-order valence-electron chi connectivity index (χ0n) is 38.9. The molecule has 0 radical (unpaired) electrons. The van der Waals surface area contributed by atoms with Crippen LogP contribution in [0.2, 0.25) is 0 Å². The summed E-state index contributed by atoms with van der Waals surface area (Å²) in [6, 6.07) is 9.45. The van der Waals surface area contributed by atoms with Gasteiger partial charge in [-0.3, -0.25) is 4.99 Å². The highest BCUT2D eigenvalue weighted by Crippen LogP contribution is 2.42. The van der Waals surface area contributed by atoms with Gasteiger partial charge in [-0.15, -0.1) is 0 Å². The van der Waals surface area contributed by atoms with Gasteiger partial charge in [0.2, 0.25) is 5.75 Å². The van der Waals surface area contributed by atoms with Crippen LogP contribution >= 0.6 is 0 Å². The van der Waals surface area contributed by atoms with Gasteiger partial charge in [0.1, 0.15) is 11.5 Å². The molecule has 0 saturated carbocycles. The third-order valence-corrected chi connectivity index (χ3v) is 11.4. The summed E-state index contributed by atoms with van der Waals surface area (Å²) in [5, 5.41) is 10.9. The molecule has 2 aromatic rings. The molecule has 0 bridgehead atoms. The Kier molecular flexibility index (Phi) is 33.7. The van der Waals surface area contributed by atoms with Crippen molar-refractivity contribution >= 4 is 11.9 Å². The fourth-order valence-corrected chi connectivity index (χ4v) is 7.53. The van der Waals surface area contributed by atoms with E-state index in [9.17, 15) is 5.11 Å². The smallest absolute Gasteiger partial charge is 0.203 e. The lowest BCUT2D eigenvalue weighted by atomic mass is 10.1. The molecule has 0 unspecified atom stereocenters. The maximum Gasteiger partial charge on any atom is 0.203 e. The Hall–Kier alpha value is -2.89. The van der Waals surface area contributed by atoms with Crippen molar-refractivity contribution in [2.24, 2.45) is 4.99 Å². The molecule has 0 aliphatic carbocycles. The van der Waals surface area contributed by atoms with Crippen LogP contribution < -0.4 is 18.9 Å². The molecule has 6 nitrogen and oxygen atoms in total. The minimum atomic E-state index is 0.157. The highest BCUT2D eigenvalue weighted by atomic mass is 16.5. The summed E-state index contributed by atoms with van der Waals surface area (Å²) in [5.41, 5.74) is 1.36. The Morgan fingerprint density at radius 3 is 1.12 bits per heavy atom. The molecule has 0 aromatic heterocycles. The van der Waals surface area contributed by atoms with Gasteiger partial charge in [-0.2, -0.15) is 0 Å². The van der Waals surface area contributed by atoms with Crippen LogP contribution in [0.5, 0.6) is 28.7 Å². The molecule has 0 saturated heterocycles. The van der Waals surface area contributed by atoms with Gasteiger partial charge < -0.3 is 24.1 Å². The largest absolute Gasteiger partial charge is 0.507 e. The number of aliphatic imine (C=N–C) groups is 1. The van der Waals surface area contributed by atoms with Gasteiger partial charge in [-0.25, -0.2) is 0 Å². The maximum atomic E-state index is 10.9. The number of benzene rings is 2. The zero-order chi connectivity index (χ0) is 42.3. The Morgan fingerprint density at radius 1 is 0.407 bits per heavy atom. The second kappa shape index (κ2) is 38.1. The summed E-state index contributed by atoms with van der Waals surface area (Å²) in [6.45, 7) is 11.7. The van der Waals surface area contributed by atoms with Crippen molar-refractivity contribution in [3.05, 3.63) is 35.9 Å². The number of phenols is 1. The van der Waals surface area contributed by atoms with Gasteiger partial charge in [0.05, 0.1) is 32.1 Å². The number of unbranched alkanes of at least 4 members (excludes halogenated alkanes) is 28. The first-order valence-electron chi connectivity index (χ1n) is 25.2. The van der Waals surface area contributed by atoms with Crippen LogP contribution in [-0.4, -0.2) is 37.7 Å². The van der Waals surface area contributed by atoms with E-state index in [1.165, 1.54) is 180 Å². The van der Waals surface area contributed by atoms with Crippen LogP contribution in [0.1, 0.15) is 239 Å². The van der Waals surface area contributed by atoms with Crippen molar-refractivity contribution in [1.82, 2.24) is 0 Å². The molecule has 0 aliphatic heterocycles. The molecule has 338 valence electrons. The van der Waals surface area contributed by atoms with Gasteiger partial charge in [0, 0.05) is 30.0 Å². The summed E-state index contributed by atoms with van der Waals surface area (Å²) in [5.74, 6) is 2.94. The topological polar surface area (TPSA) is 69.5 Å². The van der Waals surface area contributed by atoms with E-state index >= 15 is 0 Å². The highest BCUT2D eigenvalue weighted by molar-refractivity contribution is 5.86. The predicted octanol–water partition coefficient (Wildman–Crippen LogP) is 17.2. The normalized spacial score (nSPS) is 11.5. The predicted molar refractivity (Wildman–Crippen MR) is 254 cm³/mol. The van der Waals surface area contributed by atoms with Crippen molar-refractivity contribution in [3.63, 3.8) is 0 Å². The molecular weight excluding hydrogens is 731 g/mol. The Labute approximate surface area is 364 Å². The average molecular weight is 822 g/mol. The van der Waals surface area contributed by atoms with Crippen LogP contribution in [-0.2, 0) is 0 Å². The van der Waals surface area contributed by atoms with E-state index < -0.39 is 0 Å². The Balaban J connectivity index is 2.14. The lowest BCUT2D eigenvalue weighted by molar-refractivity contribution is 0.234. The first-order valence-corrected chi connectivity index (χ1v) is 25.2. The minimum absolute atomic E-state index is 0.157. The third kappa shape index (κ3) is 27.6. The maximum absolute atomic E-state index is 10.9. The monoisotopic (exact) mass is 822 g/mol. The van der Waals surface area contributed by atoms with Gasteiger partial charge >= 0.3 is 0 Å². The molecule has 0 fully saturated rings. The van der Waals surface area contributed by atoms with Gasteiger partial charge in [-0.05, 0) is 37.8 Å². The van der Waals surface area contributed by atoms with Crippen molar-refractivity contribution in [2.45, 2.75) is 233 Å². The first-order chi connectivity index (χ1) is 29.1. The summed E-state index contributed by atoms with van der Waals surface area (Å²) in [7, 11) is 0. The van der Waals surface area contributed by atoms with Gasteiger partial charge in [0.15, 0.2) is 11.5 Å². The van der Waals surface area contributed by atoms with Crippen molar-refractivity contribution in [2.75, 3.05) is 26.4 Å². The second-order valence-corrected chi connectivity index (χ2v) is 17.0. The summed E-state index contributed by atoms with van der Waals surface area (Å²) in [6.07, 6.45) is 41.9. The van der Waals surface area contributed by atoms with E-state index in [2.05, 4.69) is 27.7 Å². The van der Waals surface area contributed by atoms with E-state index in [1.54, 1.807) is 12.3 Å². The second-order valence-electron chi connectivity index (χ2n) is 17.0. The Morgan fingerprint density at radius 2 is 0.746 bits per heavy atom. The number of ether oxygens (including phenoxy) is 4. The number of rotatable bonds is 42. The van der Waals surface area contributed by atoms with E-state index in [0.29, 0.717) is 55.0 Å². The highest BCUT2D eigenvalue weighted by Gasteiger charge is 2.16. The van der Waals surface area contributed by atoms with Gasteiger partial charge in [-0.1, -0.05) is 207 Å². The van der Waals surface area contributed by atoms with Crippen molar-refractivity contribution in [1.29, 1.82) is 0 Å². The number of phenolic OH excluding ortho intramolecular Hbond substituents is 1. The van der Waals surface area contributed by atoms with E-state index in [-0.39, 0.29) is 5.75 Å². The lowest BCUT2D eigenvalue weighted by Gasteiger charge is -2.18. The number of hydrogen-bond acceptors (Lipinski definition) is 6. The third-order valence-electron chi connectivity index (χ3n) is 11.4. The van der Waals surface area contributed by atoms with Crippen LogP contribution in [0.25, 0.3) is 0 Å². The average Bonchev–Trinajstić information content (AvgIpc) is 3.24. The quantitative estimate of drug-likeness (QED) is 0.0534. The van der Waals surface area contributed by atoms with E-state index in [0.717, 1.165) is 31.4 Å². The van der Waals surface area contributed by atoms with Gasteiger partial charge in [0.25, 0.3) is 0 Å². The van der Waals surface area contributed by atoms with Crippen molar-refractivity contribution < 1.29 is 24.1 Å². The summed E-state index contributed by atoms with van der Waals surface area (Å²) < 4.78 is 25.6. The molecule has 2 rings (SSSR count). The first kappa shape index (κ1) is 52.2. The van der Waals surface area contributed by atoms with E-state index in [1.807, 2.05) is 24.3 Å². The van der Waals surface area contributed by atoms with Crippen LogP contribution in [0.3, 0.4) is 0 Å². The molecule has 0 amide bonds. The number of nitrogens with zero attached hydrogens (tertiary/aromatic N) is 1. The molecule has 2 aromatic carbocycles. The van der Waals surface area contributed by atoms with Crippen molar-refractivity contribution in [3.8, 4) is 28.7 Å². The fraction of sp³-hybridized carbons (Fsp3) is 0.755. The molecule has 1 N–H and O–H groups in total. The van der Waals surface area contributed by atoms with Crippen LogP contribution in [0.4, 0.5) is 5.69 Å². The summed E-state index contributed by atoms with van der Waals surface area (Å²) in [4.78, 5) is 4.85. The lowest BCUT2D eigenvalue weighted by Crippen LogP contribution is -2.06. The van der Waals surface area contributed by atoms with Crippen LogP contribution in [0, 0.1) is 0 Å². The summed E-state index contributed by atoms with van der Waals surface area (Å²) >= 11 is 0. The SMILES string of the molecule is CCCCCCCCCCOc1ccc(C=Nc2cc(OCCCCCCCCCC)c(OCCCCCCCCCC)c(OCCCCCCCCCC)c2)c(O)c1.